The van der Waals surface area contributed by atoms with Crippen LogP contribution >= 0.6 is 12.2 Å². The zero-order valence-electron chi connectivity index (χ0n) is 6.35. The Morgan fingerprint density at radius 1 is 1.60 bits per heavy atom. The van der Waals surface area contributed by atoms with Crippen molar-refractivity contribution in [1.82, 2.24) is 15.8 Å². The van der Waals surface area contributed by atoms with Crippen LogP contribution in [0, 0.1) is 0 Å². The molecule has 4 nitrogen and oxygen atoms in total. The van der Waals surface area contributed by atoms with Crippen LogP contribution in [0.4, 0.5) is 0 Å². The van der Waals surface area contributed by atoms with Crippen molar-refractivity contribution in [1.29, 1.82) is 0 Å². The summed E-state index contributed by atoms with van der Waals surface area (Å²) in [6, 6.07) is 0. The van der Waals surface area contributed by atoms with E-state index in [0.717, 1.165) is 13.1 Å². The molecule has 0 aromatic heterocycles. The first kappa shape index (κ1) is 9.61. The van der Waals surface area contributed by atoms with Crippen LogP contribution in [0.3, 0.4) is 0 Å². The molecule has 0 aliphatic carbocycles. The molecule has 0 unspecified atom stereocenters. The summed E-state index contributed by atoms with van der Waals surface area (Å²) in [5, 5.41) is 0.277. The van der Waals surface area contributed by atoms with Crippen LogP contribution in [0.25, 0.3) is 0 Å². The minimum atomic E-state index is 0.277. The van der Waals surface area contributed by atoms with Crippen molar-refractivity contribution in [3.05, 3.63) is 0 Å². The molecule has 10 heavy (non-hydrogen) atoms. The standard InChI is InChI=1S/C5H14N4S/c1-9(2)4-3-7-8-5(6)10/h7H,3-4H2,1-2H3,(H3,6,8,10). The van der Waals surface area contributed by atoms with Gasteiger partial charge in [0.25, 0.3) is 0 Å². The van der Waals surface area contributed by atoms with E-state index in [0.29, 0.717) is 0 Å². The lowest BCUT2D eigenvalue weighted by atomic mass is 10.6. The molecule has 0 saturated carbocycles. The molecule has 0 aliphatic rings. The van der Waals surface area contributed by atoms with E-state index in [1.54, 1.807) is 0 Å². The smallest absolute Gasteiger partial charge is 0.178 e. The fraction of sp³-hybridized carbons (Fsp3) is 0.800. The van der Waals surface area contributed by atoms with Crippen LogP contribution in [0.15, 0.2) is 0 Å². The third-order valence-corrected chi connectivity index (χ3v) is 0.998. The largest absolute Gasteiger partial charge is 0.375 e. The monoisotopic (exact) mass is 162 g/mol. The quantitative estimate of drug-likeness (QED) is 0.278. The highest BCUT2D eigenvalue weighted by molar-refractivity contribution is 7.80. The van der Waals surface area contributed by atoms with Crippen LogP contribution in [0.1, 0.15) is 0 Å². The van der Waals surface area contributed by atoms with Gasteiger partial charge in [0.05, 0.1) is 0 Å². The molecule has 60 valence electrons. The highest BCUT2D eigenvalue weighted by atomic mass is 32.1. The van der Waals surface area contributed by atoms with E-state index in [2.05, 4.69) is 28.0 Å². The Kier molecular flexibility index (Phi) is 5.19. The summed E-state index contributed by atoms with van der Waals surface area (Å²) in [5.41, 5.74) is 10.6. The molecule has 0 amide bonds. The number of nitrogens with one attached hydrogen (secondary N) is 2. The molecule has 0 spiro atoms. The molecule has 0 aromatic carbocycles. The average Bonchev–Trinajstić information content (AvgIpc) is 1.79. The molecule has 0 bridgehead atoms. The van der Waals surface area contributed by atoms with Gasteiger partial charge in [-0.2, -0.15) is 0 Å². The summed E-state index contributed by atoms with van der Waals surface area (Å²) in [6.07, 6.45) is 0. The van der Waals surface area contributed by atoms with Gasteiger partial charge in [-0.25, -0.2) is 5.43 Å². The van der Waals surface area contributed by atoms with E-state index >= 15 is 0 Å². The van der Waals surface area contributed by atoms with E-state index in [1.807, 2.05) is 14.1 Å². The van der Waals surface area contributed by atoms with Gasteiger partial charge in [0.15, 0.2) is 5.11 Å². The molecule has 0 saturated heterocycles. The van der Waals surface area contributed by atoms with Gasteiger partial charge >= 0.3 is 0 Å². The van der Waals surface area contributed by atoms with Crippen LogP contribution in [-0.2, 0) is 0 Å². The first-order valence-electron chi connectivity index (χ1n) is 3.06. The van der Waals surface area contributed by atoms with Crippen LogP contribution in [-0.4, -0.2) is 37.2 Å². The number of hydrogen-bond donors (Lipinski definition) is 3. The molecule has 0 fully saturated rings. The maximum atomic E-state index is 5.15. The SMILES string of the molecule is CN(C)CCNNC(N)=S. The average molecular weight is 162 g/mol. The van der Waals surface area contributed by atoms with Crippen molar-refractivity contribution in [3.8, 4) is 0 Å². The lowest BCUT2D eigenvalue weighted by Crippen LogP contribution is -2.43. The number of nitrogens with zero attached hydrogens (tertiary/aromatic N) is 1. The van der Waals surface area contributed by atoms with Gasteiger partial charge in [-0.3, -0.25) is 5.43 Å². The summed E-state index contributed by atoms with van der Waals surface area (Å²) in [7, 11) is 4.00. The van der Waals surface area contributed by atoms with E-state index in [4.69, 9.17) is 5.73 Å². The van der Waals surface area contributed by atoms with Crippen molar-refractivity contribution in [3.63, 3.8) is 0 Å². The molecular formula is C5H14N4S. The van der Waals surface area contributed by atoms with Gasteiger partial charge in [-0.15, -0.1) is 0 Å². The Morgan fingerprint density at radius 2 is 2.20 bits per heavy atom. The van der Waals surface area contributed by atoms with E-state index in [1.165, 1.54) is 0 Å². The fourth-order valence-corrected chi connectivity index (χ4v) is 0.501. The van der Waals surface area contributed by atoms with Crippen molar-refractivity contribution >= 4 is 17.3 Å². The first-order valence-corrected chi connectivity index (χ1v) is 3.47. The topological polar surface area (TPSA) is 53.3 Å². The second-order valence-electron chi connectivity index (χ2n) is 2.22. The van der Waals surface area contributed by atoms with Gasteiger partial charge in [-0.05, 0) is 26.3 Å². The third-order valence-electron chi connectivity index (χ3n) is 0.896. The zero-order chi connectivity index (χ0) is 7.98. The van der Waals surface area contributed by atoms with Crippen molar-refractivity contribution < 1.29 is 0 Å². The second kappa shape index (κ2) is 5.40. The normalized spacial score (nSPS) is 9.90. The minimum Gasteiger partial charge on any atom is -0.375 e. The van der Waals surface area contributed by atoms with E-state index in [-0.39, 0.29) is 5.11 Å². The lowest BCUT2D eigenvalue weighted by Gasteiger charge is -2.10. The number of hydrogen-bond acceptors (Lipinski definition) is 3. The van der Waals surface area contributed by atoms with E-state index in [9.17, 15) is 0 Å². The number of hydrazine groups is 1. The van der Waals surface area contributed by atoms with Gasteiger partial charge in [0, 0.05) is 13.1 Å². The predicted molar refractivity (Wildman–Crippen MR) is 46.5 cm³/mol. The highest BCUT2D eigenvalue weighted by Crippen LogP contribution is 1.67. The Bertz CT molecular complexity index is 104. The maximum absolute atomic E-state index is 5.15. The number of rotatable bonds is 4. The molecule has 4 N–H and O–H groups in total. The lowest BCUT2D eigenvalue weighted by molar-refractivity contribution is 0.396. The summed E-state index contributed by atoms with van der Waals surface area (Å²) >= 11 is 4.57. The summed E-state index contributed by atoms with van der Waals surface area (Å²) < 4.78 is 0. The maximum Gasteiger partial charge on any atom is 0.178 e. The Balaban J connectivity index is 2.98. The van der Waals surface area contributed by atoms with Crippen molar-refractivity contribution in [2.24, 2.45) is 5.73 Å². The first-order chi connectivity index (χ1) is 4.63. The number of thiocarbonyl (C=S) groups is 1. The molecule has 0 atom stereocenters. The van der Waals surface area contributed by atoms with Crippen LogP contribution in [0.5, 0.6) is 0 Å². The van der Waals surface area contributed by atoms with Gasteiger partial charge in [-0.1, -0.05) is 0 Å². The molecular weight excluding hydrogens is 148 g/mol. The van der Waals surface area contributed by atoms with Crippen molar-refractivity contribution in [2.45, 2.75) is 0 Å². The van der Waals surface area contributed by atoms with E-state index < -0.39 is 0 Å². The predicted octanol–water partition coefficient (Wildman–Crippen LogP) is -1.11. The van der Waals surface area contributed by atoms with Crippen LogP contribution in [0.2, 0.25) is 0 Å². The van der Waals surface area contributed by atoms with Crippen molar-refractivity contribution in [2.75, 3.05) is 27.2 Å². The zero-order valence-corrected chi connectivity index (χ0v) is 7.16. The summed E-state index contributed by atoms with van der Waals surface area (Å²) in [5.74, 6) is 0. The van der Waals surface area contributed by atoms with Gasteiger partial charge < -0.3 is 10.6 Å². The van der Waals surface area contributed by atoms with Crippen LogP contribution < -0.4 is 16.6 Å². The Morgan fingerprint density at radius 3 is 2.60 bits per heavy atom. The van der Waals surface area contributed by atoms with Gasteiger partial charge in [0.1, 0.15) is 0 Å². The highest BCUT2D eigenvalue weighted by Gasteiger charge is 1.88. The minimum absolute atomic E-state index is 0.277. The molecule has 0 aromatic rings. The number of likely N-dealkylation sites (N-methyl/N-ethyl adjacent to an activating group) is 1. The molecule has 5 heteroatoms. The Hall–Kier alpha value is -0.390. The number of nitrogens with two attached hydrogens (primary N) is 1. The molecule has 0 radical (unpaired) electrons. The molecule has 0 rings (SSSR count). The third kappa shape index (κ3) is 7.61. The molecule has 0 aliphatic heterocycles. The second-order valence-corrected chi connectivity index (χ2v) is 2.66. The fourth-order valence-electron chi connectivity index (χ4n) is 0.429. The summed E-state index contributed by atoms with van der Waals surface area (Å²) in [4.78, 5) is 2.06. The van der Waals surface area contributed by atoms with Gasteiger partial charge in [0.2, 0.25) is 0 Å². The summed E-state index contributed by atoms with van der Waals surface area (Å²) in [6.45, 7) is 1.78. The molecule has 0 heterocycles. The Labute approximate surface area is 66.7 Å².